The van der Waals surface area contributed by atoms with Crippen LogP contribution in [-0.2, 0) is 4.79 Å². The zero-order valence-electron chi connectivity index (χ0n) is 16.2. The first kappa shape index (κ1) is 19.7. The van der Waals surface area contributed by atoms with Crippen LogP contribution in [0.3, 0.4) is 0 Å². The number of nitrogens with zero attached hydrogens (tertiary/aromatic N) is 2. The monoisotopic (exact) mass is 425 g/mol. The van der Waals surface area contributed by atoms with Crippen molar-refractivity contribution in [3.8, 4) is 6.07 Å². The molecule has 0 fully saturated rings. The third kappa shape index (κ3) is 3.26. The number of allylic oxidation sites excluding steroid dienone is 3. The summed E-state index contributed by atoms with van der Waals surface area (Å²) in [5.74, 6) is -0.432. The molecule has 2 heterocycles. The van der Waals surface area contributed by atoms with Gasteiger partial charge in [0.05, 0.1) is 21.8 Å². The largest absolute Gasteiger partial charge is 0.384 e. The van der Waals surface area contributed by atoms with Crippen molar-refractivity contribution in [3.05, 3.63) is 69.3 Å². The maximum absolute atomic E-state index is 13.5. The topological polar surface area (TPSA) is 70.1 Å². The molecule has 2 N–H and O–H groups in total. The van der Waals surface area contributed by atoms with Gasteiger partial charge >= 0.3 is 0 Å². The molecule has 2 aliphatic rings. The molecule has 1 aliphatic heterocycles. The molecule has 1 unspecified atom stereocenters. The molecule has 1 aromatic heterocycles. The van der Waals surface area contributed by atoms with Crippen LogP contribution in [-0.4, -0.2) is 12.0 Å². The first-order chi connectivity index (χ1) is 14.0. The Bertz CT molecular complexity index is 1090. The van der Waals surface area contributed by atoms with E-state index in [9.17, 15) is 14.4 Å². The molecule has 0 saturated heterocycles. The average Bonchev–Trinajstić information content (AvgIpc) is 3.09. The van der Waals surface area contributed by atoms with E-state index in [0.29, 0.717) is 35.5 Å². The van der Waals surface area contributed by atoms with Gasteiger partial charge in [0.25, 0.3) is 0 Å². The molecule has 0 radical (unpaired) electrons. The van der Waals surface area contributed by atoms with Gasteiger partial charge in [0.15, 0.2) is 5.78 Å². The second kappa shape index (κ2) is 7.69. The molecule has 7 heteroatoms. The second-order valence-corrected chi connectivity index (χ2v) is 9.43. The van der Waals surface area contributed by atoms with E-state index in [1.54, 1.807) is 40.1 Å². The standard InChI is InChI=1S/C22H20FN3OS2/c1-12-10-15(22(28-2)29-12)19-16(11-24)21(25)26(14-8-6-13(23)7-9-14)17-4-3-5-18(27)20(17)19/h6-10,19H,3-5,25H2,1-2H3. The summed E-state index contributed by atoms with van der Waals surface area (Å²) in [6.45, 7) is 2.03. The Hall–Kier alpha value is -2.56. The third-order valence-corrected chi connectivity index (χ3v) is 7.56. The van der Waals surface area contributed by atoms with Gasteiger partial charge in [-0.05, 0) is 61.9 Å². The smallest absolute Gasteiger partial charge is 0.161 e. The molecule has 2 aromatic rings. The molecular formula is C22H20FN3OS2. The fourth-order valence-electron chi connectivity index (χ4n) is 4.16. The lowest BCUT2D eigenvalue weighted by Gasteiger charge is -2.39. The van der Waals surface area contributed by atoms with E-state index in [2.05, 4.69) is 12.1 Å². The molecule has 0 amide bonds. The van der Waals surface area contributed by atoms with Crippen molar-refractivity contribution in [2.24, 2.45) is 5.73 Å². The Kier molecular flexibility index (Phi) is 5.24. The number of benzene rings is 1. The minimum atomic E-state index is -0.452. The fourth-order valence-corrected chi connectivity index (χ4v) is 6.07. The lowest BCUT2D eigenvalue weighted by Crippen LogP contribution is -2.38. The summed E-state index contributed by atoms with van der Waals surface area (Å²) in [6.07, 6.45) is 3.88. The lowest BCUT2D eigenvalue weighted by atomic mass is 9.76. The van der Waals surface area contributed by atoms with E-state index < -0.39 is 5.92 Å². The molecule has 1 aliphatic carbocycles. The van der Waals surface area contributed by atoms with E-state index in [1.165, 1.54) is 12.1 Å². The van der Waals surface area contributed by atoms with E-state index in [-0.39, 0.29) is 11.6 Å². The minimum absolute atomic E-state index is 0.0551. The van der Waals surface area contributed by atoms with Crippen LogP contribution in [0.15, 0.2) is 57.2 Å². The third-order valence-electron chi connectivity index (χ3n) is 5.34. The van der Waals surface area contributed by atoms with Crippen LogP contribution in [0.2, 0.25) is 0 Å². The average molecular weight is 426 g/mol. The summed E-state index contributed by atoms with van der Waals surface area (Å²) >= 11 is 3.28. The second-order valence-electron chi connectivity index (χ2n) is 7.10. The number of hydrogen-bond acceptors (Lipinski definition) is 6. The summed E-state index contributed by atoms with van der Waals surface area (Å²) in [5.41, 5.74) is 10.0. The van der Waals surface area contributed by atoms with Gasteiger partial charge in [0, 0.05) is 28.3 Å². The Labute approximate surface area is 177 Å². The quantitative estimate of drug-likeness (QED) is 0.683. The predicted octanol–water partition coefficient (Wildman–Crippen LogP) is 5.22. The van der Waals surface area contributed by atoms with Gasteiger partial charge in [-0.1, -0.05) is 0 Å². The number of carbonyl (C=O) groups excluding carboxylic acids is 1. The van der Waals surface area contributed by atoms with Crippen molar-refractivity contribution in [3.63, 3.8) is 0 Å². The molecule has 1 atom stereocenters. The van der Waals surface area contributed by atoms with Crippen LogP contribution < -0.4 is 10.6 Å². The van der Waals surface area contributed by atoms with Gasteiger partial charge in [0.2, 0.25) is 0 Å². The van der Waals surface area contributed by atoms with E-state index >= 15 is 0 Å². The molecule has 1 aromatic carbocycles. The molecule has 0 bridgehead atoms. The van der Waals surface area contributed by atoms with Gasteiger partial charge in [-0.2, -0.15) is 5.26 Å². The Morgan fingerprint density at radius 3 is 2.69 bits per heavy atom. The van der Waals surface area contributed by atoms with Crippen LogP contribution in [0.1, 0.15) is 35.6 Å². The zero-order valence-corrected chi connectivity index (χ0v) is 17.8. The molecule has 4 rings (SSSR count). The molecule has 0 saturated carbocycles. The minimum Gasteiger partial charge on any atom is -0.384 e. The van der Waals surface area contributed by atoms with Crippen molar-refractivity contribution in [2.75, 3.05) is 11.2 Å². The number of nitrogens with two attached hydrogens (primary N) is 1. The highest BCUT2D eigenvalue weighted by atomic mass is 32.2. The molecule has 148 valence electrons. The van der Waals surface area contributed by atoms with E-state index in [0.717, 1.165) is 26.8 Å². The summed E-state index contributed by atoms with van der Waals surface area (Å²) in [5, 5.41) is 10.0. The summed E-state index contributed by atoms with van der Waals surface area (Å²) in [4.78, 5) is 16.0. The highest BCUT2D eigenvalue weighted by Gasteiger charge is 2.41. The van der Waals surface area contributed by atoms with Crippen molar-refractivity contribution in [1.29, 1.82) is 5.26 Å². The Morgan fingerprint density at radius 1 is 1.31 bits per heavy atom. The summed E-state index contributed by atoms with van der Waals surface area (Å²) < 4.78 is 14.6. The number of carbonyl (C=O) groups is 1. The fraction of sp³-hybridized carbons (Fsp3) is 0.273. The van der Waals surface area contributed by atoms with Gasteiger partial charge in [0.1, 0.15) is 11.6 Å². The van der Waals surface area contributed by atoms with E-state index in [1.807, 2.05) is 13.2 Å². The number of thiophene rings is 1. The number of hydrogen-bond donors (Lipinski definition) is 1. The molecule has 0 spiro atoms. The van der Waals surface area contributed by atoms with Crippen LogP contribution in [0.25, 0.3) is 0 Å². The molecular weight excluding hydrogens is 405 g/mol. The summed E-state index contributed by atoms with van der Waals surface area (Å²) in [6, 6.07) is 10.3. The first-order valence-electron chi connectivity index (χ1n) is 9.32. The normalized spacial score (nSPS) is 19.4. The van der Waals surface area contributed by atoms with Crippen LogP contribution in [0.4, 0.5) is 10.1 Å². The molecule has 29 heavy (non-hydrogen) atoms. The van der Waals surface area contributed by atoms with Gasteiger partial charge < -0.3 is 5.73 Å². The first-order valence-corrected chi connectivity index (χ1v) is 11.4. The van der Waals surface area contributed by atoms with Crippen molar-refractivity contribution in [2.45, 2.75) is 36.3 Å². The number of halogens is 1. The number of rotatable bonds is 3. The van der Waals surface area contributed by atoms with Crippen molar-refractivity contribution < 1.29 is 9.18 Å². The number of ketones is 1. The summed E-state index contributed by atoms with van der Waals surface area (Å²) in [7, 11) is 0. The predicted molar refractivity (Wildman–Crippen MR) is 115 cm³/mol. The lowest BCUT2D eigenvalue weighted by molar-refractivity contribution is -0.116. The maximum atomic E-state index is 13.5. The van der Waals surface area contributed by atoms with Crippen LogP contribution in [0.5, 0.6) is 0 Å². The number of aryl methyl sites for hydroxylation is 1. The van der Waals surface area contributed by atoms with Gasteiger partial charge in [-0.25, -0.2) is 4.39 Å². The van der Waals surface area contributed by atoms with Crippen molar-refractivity contribution >= 4 is 34.6 Å². The van der Waals surface area contributed by atoms with Gasteiger partial charge in [-0.3, -0.25) is 9.69 Å². The van der Waals surface area contributed by atoms with Crippen LogP contribution >= 0.6 is 23.1 Å². The Morgan fingerprint density at radius 2 is 2.03 bits per heavy atom. The van der Waals surface area contributed by atoms with E-state index in [4.69, 9.17) is 5.73 Å². The molecule has 4 nitrogen and oxygen atoms in total. The zero-order chi connectivity index (χ0) is 20.7. The highest BCUT2D eigenvalue weighted by molar-refractivity contribution is 8.00. The Balaban J connectivity index is 1.98. The number of thioether (sulfide) groups is 1. The van der Waals surface area contributed by atoms with Crippen molar-refractivity contribution in [1.82, 2.24) is 0 Å². The number of Topliss-reactive ketones (excluding diaryl/α,β-unsaturated/α-hetero) is 1. The highest BCUT2D eigenvalue weighted by Crippen LogP contribution is 2.49. The SMILES string of the molecule is CSc1sc(C)cc1C1C(C#N)=C(N)N(c2ccc(F)cc2)C2=C1C(=O)CCC2. The van der Waals surface area contributed by atoms with Gasteiger partial charge in [-0.15, -0.1) is 23.1 Å². The number of nitriles is 1. The number of anilines is 1. The van der Waals surface area contributed by atoms with Crippen LogP contribution in [0, 0.1) is 24.1 Å². The maximum Gasteiger partial charge on any atom is 0.161 e.